The van der Waals surface area contributed by atoms with Gasteiger partial charge in [-0.25, -0.2) is 0 Å². The third-order valence-corrected chi connectivity index (χ3v) is 4.81. The van der Waals surface area contributed by atoms with E-state index < -0.39 is 24.4 Å². The van der Waals surface area contributed by atoms with Crippen LogP contribution in [0.1, 0.15) is 19.8 Å². The number of anilines is 2. The number of ether oxygens (including phenoxy) is 2. The van der Waals surface area contributed by atoms with Gasteiger partial charge >= 0.3 is 5.97 Å². The highest BCUT2D eigenvalue weighted by Crippen LogP contribution is 2.27. The van der Waals surface area contributed by atoms with Gasteiger partial charge in [0.25, 0.3) is 5.91 Å². The van der Waals surface area contributed by atoms with Gasteiger partial charge in [0.1, 0.15) is 5.75 Å². The molecule has 1 aliphatic heterocycles. The second-order valence-electron chi connectivity index (χ2n) is 6.91. The fourth-order valence-electron chi connectivity index (χ4n) is 3.04. The maximum absolute atomic E-state index is 12.4. The predicted molar refractivity (Wildman–Crippen MR) is 114 cm³/mol. The summed E-state index contributed by atoms with van der Waals surface area (Å²) in [6.07, 6.45) is 0.958. The third kappa shape index (κ3) is 5.73. The van der Waals surface area contributed by atoms with Crippen LogP contribution in [-0.2, 0) is 19.1 Å². The lowest BCUT2D eigenvalue weighted by Crippen LogP contribution is -2.28. The summed E-state index contributed by atoms with van der Waals surface area (Å²) in [5, 5.41) is 3.17. The Bertz CT molecular complexity index is 899. The SMILES string of the molecule is CCCOc1ccc(N2C[C@@H](C(=O)OCC(=O)Nc3ccc(Cl)cc3)CC2=O)cc1. The second kappa shape index (κ2) is 10.1. The van der Waals surface area contributed by atoms with E-state index in [1.807, 2.05) is 6.92 Å². The molecule has 0 saturated carbocycles. The van der Waals surface area contributed by atoms with E-state index >= 15 is 0 Å². The zero-order chi connectivity index (χ0) is 21.5. The Morgan fingerprint density at radius 1 is 1.13 bits per heavy atom. The first kappa shape index (κ1) is 21.6. The van der Waals surface area contributed by atoms with Crippen molar-refractivity contribution in [1.29, 1.82) is 0 Å². The van der Waals surface area contributed by atoms with Crippen LogP contribution in [0.25, 0.3) is 0 Å². The Labute approximate surface area is 179 Å². The molecule has 3 rings (SSSR count). The van der Waals surface area contributed by atoms with E-state index in [4.69, 9.17) is 21.1 Å². The van der Waals surface area contributed by atoms with E-state index in [9.17, 15) is 14.4 Å². The molecule has 1 heterocycles. The van der Waals surface area contributed by atoms with Crippen LogP contribution in [-0.4, -0.2) is 37.5 Å². The molecule has 1 aliphatic rings. The van der Waals surface area contributed by atoms with Crippen molar-refractivity contribution in [3.8, 4) is 5.75 Å². The quantitative estimate of drug-likeness (QED) is 0.646. The molecule has 0 spiro atoms. The van der Waals surface area contributed by atoms with E-state index in [0.29, 0.717) is 23.0 Å². The Hall–Kier alpha value is -3.06. The predicted octanol–water partition coefficient (Wildman–Crippen LogP) is 3.66. The van der Waals surface area contributed by atoms with E-state index in [1.165, 1.54) is 0 Å². The van der Waals surface area contributed by atoms with Crippen molar-refractivity contribution in [1.82, 2.24) is 0 Å². The molecule has 2 aromatic carbocycles. The fraction of sp³-hybridized carbons (Fsp3) is 0.318. The molecule has 8 heteroatoms. The number of amides is 2. The lowest BCUT2D eigenvalue weighted by Gasteiger charge is -2.17. The number of benzene rings is 2. The summed E-state index contributed by atoms with van der Waals surface area (Å²) in [4.78, 5) is 38.2. The zero-order valence-electron chi connectivity index (χ0n) is 16.6. The standard InChI is InChI=1S/C22H23ClN2O5/c1-2-11-29-19-9-7-18(8-10-19)25-13-15(12-21(25)27)22(28)30-14-20(26)24-17-5-3-16(23)4-6-17/h3-10,15H,2,11-14H2,1H3,(H,24,26)/t15-/m0/s1. The summed E-state index contributed by atoms with van der Waals surface area (Å²) < 4.78 is 10.6. The molecule has 2 amide bonds. The van der Waals surface area contributed by atoms with Gasteiger partial charge in [0.15, 0.2) is 6.61 Å². The maximum atomic E-state index is 12.4. The Balaban J connectivity index is 1.49. The number of esters is 1. The first-order valence-electron chi connectivity index (χ1n) is 9.71. The van der Waals surface area contributed by atoms with Gasteiger partial charge in [0.2, 0.25) is 5.91 Å². The second-order valence-corrected chi connectivity index (χ2v) is 7.35. The van der Waals surface area contributed by atoms with E-state index in [0.717, 1.165) is 12.2 Å². The monoisotopic (exact) mass is 430 g/mol. The zero-order valence-corrected chi connectivity index (χ0v) is 17.4. The van der Waals surface area contributed by atoms with Crippen LogP contribution >= 0.6 is 11.6 Å². The van der Waals surface area contributed by atoms with Gasteiger partial charge < -0.3 is 19.7 Å². The molecular weight excluding hydrogens is 408 g/mol. The van der Waals surface area contributed by atoms with Crippen molar-refractivity contribution in [2.45, 2.75) is 19.8 Å². The van der Waals surface area contributed by atoms with Gasteiger partial charge in [-0.1, -0.05) is 18.5 Å². The molecule has 0 aliphatic carbocycles. The van der Waals surface area contributed by atoms with Gasteiger partial charge in [-0.05, 0) is 55.0 Å². The highest BCUT2D eigenvalue weighted by atomic mass is 35.5. The van der Waals surface area contributed by atoms with Crippen molar-refractivity contribution >= 4 is 40.8 Å². The number of rotatable bonds is 8. The first-order valence-corrected chi connectivity index (χ1v) is 10.1. The van der Waals surface area contributed by atoms with E-state index in [-0.39, 0.29) is 18.9 Å². The van der Waals surface area contributed by atoms with Crippen LogP contribution in [0, 0.1) is 5.92 Å². The lowest BCUT2D eigenvalue weighted by molar-refractivity contribution is -0.151. The highest BCUT2D eigenvalue weighted by molar-refractivity contribution is 6.30. The van der Waals surface area contributed by atoms with Crippen molar-refractivity contribution in [3.63, 3.8) is 0 Å². The Kier molecular flexibility index (Phi) is 7.30. The Morgan fingerprint density at radius 2 is 1.83 bits per heavy atom. The largest absolute Gasteiger partial charge is 0.494 e. The smallest absolute Gasteiger partial charge is 0.311 e. The molecule has 0 unspecified atom stereocenters. The summed E-state index contributed by atoms with van der Waals surface area (Å²) in [5.74, 6) is -1.08. The number of hydrogen-bond donors (Lipinski definition) is 1. The summed E-state index contributed by atoms with van der Waals surface area (Å²) >= 11 is 5.80. The number of carbonyl (C=O) groups excluding carboxylic acids is 3. The fourth-order valence-corrected chi connectivity index (χ4v) is 3.17. The van der Waals surface area contributed by atoms with Gasteiger partial charge in [-0.3, -0.25) is 14.4 Å². The van der Waals surface area contributed by atoms with Gasteiger partial charge in [0.05, 0.1) is 12.5 Å². The minimum Gasteiger partial charge on any atom is -0.494 e. The molecule has 0 aromatic heterocycles. The van der Waals surface area contributed by atoms with Crippen LogP contribution in [0.2, 0.25) is 5.02 Å². The van der Waals surface area contributed by atoms with Gasteiger partial charge in [-0.15, -0.1) is 0 Å². The number of nitrogens with zero attached hydrogens (tertiary/aromatic N) is 1. The molecule has 2 aromatic rings. The van der Waals surface area contributed by atoms with Crippen molar-refractivity contribution < 1.29 is 23.9 Å². The normalized spacial score (nSPS) is 15.7. The molecule has 7 nitrogen and oxygen atoms in total. The van der Waals surface area contributed by atoms with Crippen LogP contribution in [0.15, 0.2) is 48.5 Å². The maximum Gasteiger partial charge on any atom is 0.311 e. The molecule has 1 N–H and O–H groups in total. The molecular formula is C22H23ClN2O5. The summed E-state index contributed by atoms with van der Waals surface area (Å²) in [6.45, 7) is 2.44. The van der Waals surface area contributed by atoms with Crippen LogP contribution < -0.4 is 15.0 Å². The summed E-state index contributed by atoms with van der Waals surface area (Å²) in [5.41, 5.74) is 1.24. The van der Waals surface area contributed by atoms with Crippen molar-refractivity contribution in [3.05, 3.63) is 53.6 Å². The number of nitrogens with one attached hydrogen (secondary N) is 1. The number of carbonyl (C=O) groups is 3. The van der Waals surface area contributed by atoms with Crippen LogP contribution in [0.5, 0.6) is 5.75 Å². The summed E-state index contributed by atoms with van der Waals surface area (Å²) in [6, 6.07) is 13.7. The van der Waals surface area contributed by atoms with Crippen LogP contribution in [0.4, 0.5) is 11.4 Å². The number of halogens is 1. The molecule has 30 heavy (non-hydrogen) atoms. The Morgan fingerprint density at radius 3 is 2.50 bits per heavy atom. The molecule has 0 bridgehead atoms. The topological polar surface area (TPSA) is 84.9 Å². The average molecular weight is 431 g/mol. The highest BCUT2D eigenvalue weighted by Gasteiger charge is 2.36. The first-order chi connectivity index (χ1) is 14.5. The minimum absolute atomic E-state index is 0.0473. The van der Waals surface area contributed by atoms with Gasteiger partial charge in [0, 0.05) is 29.4 Å². The van der Waals surface area contributed by atoms with E-state index in [1.54, 1.807) is 53.4 Å². The summed E-state index contributed by atoms with van der Waals surface area (Å²) in [7, 11) is 0. The molecule has 1 fully saturated rings. The van der Waals surface area contributed by atoms with Gasteiger partial charge in [-0.2, -0.15) is 0 Å². The van der Waals surface area contributed by atoms with Crippen molar-refractivity contribution in [2.75, 3.05) is 30.0 Å². The molecule has 158 valence electrons. The molecule has 0 radical (unpaired) electrons. The molecule has 1 atom stereocenters. The van der Waals surface area contributed by atoms with Crippen LogP contribution in [0.3, 0.4) is 0 Å². The van der Waals surface area contributed by atoms with Crippen molar-refractivity contribution in [2.24, 2.45) is 5.92 Å². The minimum atomic E-state index is -0.614. The lowest BCUT2D eigenvalue weighted by atomic mass is 10.1. The molecule has 1 saturated heterocycles. The third-order valence-electron chi connectivity index (χ3n) is 4.55. The average Bonchev–Trinajstić information content (AvgIpc) is 3.14. The number of hydrogen-bond acceptors (Lipinski definition) is 5. The van der Waals surface area contributed by atoms with E-state index in [2.05, 4.69) is 5.32 Å².